The van der Waals surface area contributed by atoms with Crippen LogP contribution < -0.4 is 10.6 Å². The summed E-state index contributed by atoms with van der Waals surface area (Å²) in [5, 5.41) is 18.7. The van der Waals surface area contributed by atoms with Crippen LogP contribution in [0.2, 0.25) is 0 Å². The fourth-order valence-electron chi connectivity index (χ4n) is 3.97. The first-order chi connectivity index (χ1) is 12.3. The number of fused-ring (bicyclic) bond motifs is 2. The molecule has 2 aliphatic heterocycles. The number of piperidine rings is 1. The minimum absolute atomic E-state index is 0.370. The van der Waals surface area contributed by atoms with Crippen molar-refractivity contribution in [1.29, 1.82) is 0 Å². The van der Waals surface area contributed by atoms with Gasteiger partial charge in [0.1, 0.15) is 5.75 Å². The Morgan fingerprint density at radius 3 is 2.84 bits per heavy atom. The molecule has 3 N–H and O–H groups in total. The van der Waals surface area contributed by atoms with E-state index in [0.29, 0.717) is 11.8 Å². The second-order valence-corrected chi connectivity index (χ2v) is 7.04. The summed E-state index contributed by atoms with van der Waals surface area (Å²) in [6.45, 7) is 5.64. The highest BCUT2D eigenvalue weighted by Crippen LogP contribution is 2.35. The normalized spacial score (nSPS) is 18.8. The van der Waals surface area contributed by atoms with E-state index in [0.717, 1.165) is 86.3 Å². The van der Waals surface area contributed by atoms with Crippen LogP contribution in [0, 0.1) is 0 Å². The quantitative estimate of drug-likeness (QED) is 0.801. The van der Waals surface area contributed by atoms with Gasteiger partial charge in [0.2, 0.25) is 0 Å². The molecule has 1 aromatic heterocycles. The summed E-state index contributed by atoms with van der Waals surface area (Å²) in [6, 6.07) is 4.41. The number of hydrogen-bond donors (Lipinski definition) is 3. The Morgan fingerprint density at radius 1 is 1.24 bits per heavy atom. The van der Waals surface area contributed by atoms with Gasteiger partial charge < -0.3 is 20.5 Å². The molecule has 0 bridgehead atoms. The summed E-state index contributed by atoms with van der Waals surface area (Å²) in [6.07, 6.45) is 4.78. The molecule has 1 saturated heterocycles. The zero-order chi connectivity index (χ0) is 17.2. The van der Waals surface area contributed by atoms with Gasteiger partial charge >= 0.3 is 0 Å². The van der Waals surface area contributed by atoms with Crippen molar-refractivity contribution in [1.82, 2.24) is 10.3 Å². The van der Waals surface area contributed by atoms with Crippen molar-refractivity contribution in [2.45, 2.75) is 45.1 Å². The van der Waals surface area contributed by atoms with Gasteiger partial charge in [0, 0.05) is 29.2 Å². The summed E-state index contributed by atoms with van der Waals surface area (Å²) in [5.74, 6) is 0.370. The molecule has 0 amide bonds. The predicted molar refractivity (Wildman–Crippen MR) is 101 cm³/mol. The van der Waals surface area contributed by atoms with E-state index in [-0.39, 0.29) is 0 Å². The van der Waals surface area contributed by atoms with E-state index in [1.54, 1.807) is 0 Å². The van der Waals surface area contributed by atoms with Gasteiger partial charge in [0.25, 0.3) is 0 Å². The van der Waals surface area contributed by atoms with Gasteiger partial charge in [0.15, 0.2) is 0 Å². The molecule has 5 nitrogen and oxygen atoms in total. The lowest BCUT2D eigenvalue weighted by molar-refractivity contribution is 0.146. The Bertz CT molecular complexity index is 769. The first kappa shape index (κ1) is 16.6. The number of nitrogens with zero attached hydrogens (tertiary/aromatic N) is 1. The molecule has 0 atom stereocenters. The van der Waals surface area contributed by atoms with Crippen molar-refractivity contribution in [3.8, 4) is 5.75 Å². The molecular weight excluding hydrogens is 314 g/mol. The lowest BCUT2D eigenvalue weighted by Gasteiger charge is -2.27. The molecule has 5 heteroatoms. The number of hydrogen-bond acceptors (Lipinski definition) is 5. The van der Waals surface area contributed by atoms with Crippen molar-refractivity contribution in [3.05, 3.63) is 29.0 Å². The second kappa shape index (κ2) is 7.18. The highest BCUT2D eigenvalue weighted by atomic mass is 16.5. The highest BCUT2D eigenvalue weighted by Gasteiger charge is 2.21. The number of rotatable bonds is 3. The average Bonchev–Trinajstić information content (AvgIpc) is 2.88. The van der Waals surface area contributed by atoms with Crippen LogP contribution in [-0.2, 0) is 24.0 Å². The van der Waals surface area contributed by atoms with E-state index in [1.807, 2.05) is 12.1 Å². The smallest absolute Gasteiger partial charge is 0.119 e. The number of aromatic hydroxyl groups is 1. The van der Waals surface area contributed by atoms with Crippen molar-refractivity contribution in [2.24, 2.45) is 0 Å². The minimum Gasteiger partial charge on any atom is -0.508 e. The summed E-state index contributed by atoms with van der Waals surface area (Å²) < 4.78 is 5.69. The first-order valence-corrected chi connectivity index (χ1v) is 9.48. The maximum Gasteiger partial charge on any atom is 0.119 e. The number of aryl methyl sites for hydroxylation is 1. The highest BCUT2D eigenvalue weighted by molar-refractivity contribution is 5.95. The summed E-state index contributed by atoms with van der Waals surface area (Å²) in [5.41, 5.74) is 5.51. The Balaban J connectivity index is 1.85. The molecule has 0 saturated carbocycles. The van der Waals surface area contributed by atoms with Gasteiger partial charge in [-0.1, -0.05) is 6.92 Å². The van der Waals surface area contributed by atoms with Crippen LogP contribution in [0.15, 0.2) is 12.1 Å². The number of benzene rings is 1. The molecule has 0 aliphatic carbocycles. The number of nitrogens with one attached hydrogen (secondary N) is 2. The van der Waals surface area contributed by atoms with E-state index in [1.165, 1.54) is 5.56 Å². The van der Waals surface area contributed by atoms with Crippen LogP contribution in [0.25, 0.3) is 10.9 Å². The van der Waals surface area contributed by atoms with Crippen LogP contribution in [0.4, 0.5) is 5.69 Å². The second-order valence-electron chi connectivity index (χ2n) is 7.04. The third-order valence-corrected chi connectivity index (χ3v) is 5.42. The van der Waals surface area contributed by atoms with Crippen molar-refractivity contribution < 1.29 is 9.84 Å². The molecule has 1 aromatic carbocycles. The molecular formula is C20H27N3O2. The topological polar surface area (TPSA) is 66.4 Å². The maximum atomic E-state index is 10.4. The first-order valence-electron chi connectivity index (χ1n) is 9.48. The molecule has 0 radical (unpaired) electrons. The minimum atomic E-state index is 0.370. The number of phenolic OH excluding ortho intramolecular Hbond substituents is 1. The number of pyridine rings is 1. The van der Waals surface area contributed by atoms with Crippen LogP contribution in [0.3, 0.4) is 0 Å². The summed E-state index contributed by atoms with van der Waals surface area (Å²) in [7, 11) is 0. The SMILES string of the molecule is CCc1cc2nc3c(c(NC4CCNCC4)c2cc1O)CCOCC3. The van der Waals surface area contributed by atoms with Gasteiger partial charge in [-0.3, -0.25) is 4.98 Å². The average molecular weight is 341 g/mol. The van der Waals surface area contributed by atoms with Crippen LogP contribution in [0.5, 0.6) is 5.75 Å². The lowest BCUT2D eigenvalue weighted by Crippen LogP contribution is -2.35. The number of anilines is 1. The largest absolute Gasteiger partial charge is 0.508 e. The Kier molecular flexibility index (Phi) is 4.77. The Morgan fingerprint density at radius 2 is 2.04 bits per heavy atom. The van der Waals surface area contributed by atoms with Crippen LogP contribution in [0.1, 0.15) is 36.6 Å². The standard InChI is InChI=1S/C20H27N3O2/c1-2-13-11-18-16(12-19(13)24)20(22-14-3-7-21-8-4-14)15-5-9-25-10-6-17(15)23-18/h11-12,14,21,24H,2-10H2,1H3,(H,22,23). The van der Waals surface area contributed by atoms with Crippen LogP contribution in [-0.4, -0.2) is 42.4 Å². The molecule has 2 aliphatic rings. The molecule has 25 heavy (non-hydrogen) atoms. The Labute approximate surface area is 148 Å². The molecule has 4 rings (SSSR count). The van der Waals surface area contributed by atoms with Crippen molar-refractivity contribution in [3.63, 3.8) is 0 Å². The number of aromatic nitrogens is 1. The predicted octanol–water partition coefficient (Wildman–Crippen LogP) is 2.78. The van der Waals surface area contributed by atoms with Gasteiger partial charge in [-0.15, -0.1) is 0 Å². The number of phenols is 1. The monoisotopic (exact) mass is 341 g/mol. The molecule has 0 unspecified atom stereocenters. The van der Waals surface area contributed by atoms with E-state index < -0.39 is 0 Å². The zero-order valence-corrected chi connectivity index (χ0v) is 14.9. The van der Waals surface area contributed by atoms with Crippen molar-refractivity contribution in [2.75, 3.05) is 31.6 Å². The fourth-order valence-corrected chi connectivity index (χ4v) is 3.97. The molecule has 1 fully saturated rings. The zero-order valence-electron chi connectivity index (χ0n) is 14.9. The fraction of sp³-hybridized carbons (Fsp3) is 0.550. The van der Waals surface area contributed by atoms with Gasteiger partial charge in [0.05, 0.1) is 18.7 Å². The van der Waals surface area contributed by atoms with Gasteiger partial charge in [-0.25, -0.2) is 0 Å². The molecule has 3 heterocycles. The van der Waals surface area contributed by atoms with E-state index in [9.17, 15) is 5.11 Å². The van der Waals surface area contributed by atoms with E-state index in [4.69, 9.17) is 9.72 Å². The summed E-state index contributed by atoms with van der Waals surface area (Å²) in [4.78, 5) is 4.94. The van der Waals surface area contributed by atoms with E-state index in [2.05, 4.69) is 17.6 Å². The molecule has 2 aromatic rings. The van der Waals surface area contributed by atoms with Gasteiger partial charge in [-0.2, -0.15) is 0 Å². The van der Waals surface area contributed by atoms with Crippen LogP contribution >= 0.6 is 0 Å². The van der Waals surface area contributed by atoms with Gasteiger partial charge in [-0.05, 0) is 62.0 Å². The molecule has 0 spiro atoms. The third-order valence-electron chi connectivity index (χ3n) is 5.42. The van der Waals surface area contributed by atoms with E-state index >= 15 is 0 Å². The third kappa shape index (κ3) is 3.31. The van der Waals surface area contributed by atoms with Crippen molar-refractivity contribution >= 4 is 16.6 Å². The number of ether oxygens (including phenoxy) is 1. The summed E-state index contributed by atoms with van der Waals surface area (Å²) >= 11 is 0. The lowest BCUT2D eigenvalue weighted by atomic mass is 9.98. The Hall–Kier alpha value is -1.85. The molecule has 134 valence electrons. The maximum absolute atomic E-state index is 10.4.